The van der Waals surface area contributed by atoms with E-state index in [2.05, 4.69) is 15.9 Å². The molecular formula is C12H13BrClF. The van der Waals surface area contributed by atoms with Gasteiger partial charge in [-0.2, -0.15) is 0 Å². The van der Waals surface area contributed by atoms with Crippen molar-refractivity contribution < 1.29 is 4.39 Å². The number of alkyl halides is 1. The molecule has 82 valence electrons. The molecule has 2 atom stereocenters. The summed E-state index contributed by atoms with van der Waals surface area (Å²) in [7, 11) is 0. The Morgan fingerprint density at radius 2 is 2.13 bits per heavy atom. The van der Waals surface area contributed by atoms with Gasteiger partial charge in [0.15, 0.2) is 0 Å². The predicted octanol–water partition coefficient (Wildman–Crippen LogP) is 4.90. The molecule has 1 aromatic rings. The third-order valence-corrected chi connectivity index (χ3v) is 4.18. The lowest BCUT2D eigenvalue weighted by Gasteiger charge is -2.26. The normalized spacial score (nSPS) is 26.6. The summed E-state index contributed by atoms with van der Waals surface area (Å²) >= 11 is 9.73. The zero-order valence-electron chi connectivity index (χ0n) is 8.35. The van der Waals surface area contributed by atoms with Crippen molar-refractivity contribution in [2.45, 2.75) is 36.4 Å². The van der Waals surface area contributed by atoms with E-state index in [4.69, 9.17) is 11.6 Å². The summed E-state index contributed by atoms with van der Waals surface area (Å²) in [4.78, 5) is 0.551. The van der Waals surface area contributed by atoms with E-state index < -0.39 is 0 Å². The number of hydrogen-bond donors (Lipinski definition) is 0. The largest absolute Gasteiger partial charge is 0.207 e. The highest BCUT2D eigenvalue weighted by molar-refractivity contribution is 9.09. The van der Waals surface area contributed by atoms with Crippen LogP contribution in [0.2, 0.25) is 5.02 Å². The van der Waals surface area contributed by atoms with Crippen molar-refractivity contribution in [3.8, 4) is 0 Å². The Kier molecular flexibility index (Phi) is 3.68. The average molecular weight is 292 g/mol. The maximum absolute atomic E-state index is 13.1. The van der Waals surface area contributed by atoms with E-state index in [1.807, 2.05) is 0 Å². The molecule has 0 aromatic heterocycles. The van der Waals surface area contributed by atoms with Gasteiger partial charge in [0.2, 0.25) is 0 Å². The molecule has 15 heavy (non-hydrogen) atoms. The molecule has 0 amide bonds. The third-order valence-electron chi connectivity index (χ3n) is 3.01. The summed E-state index contributed by atoms with van der Waals surface area (Å²) in [6.45, 7) is 0. The quantitative estimate of drug-likeness (QED) is 0.646. The highest BCUT2D eigenvalue weighted by Gasteiger charge is 2.23. The van der Waals surface area contributed by atoms with Gasteiger partial charge in [0.05, 0.1) is 0 Å². The van der Waals surface area contributed by atoms with Gasteiger partial charge >= 0.3 is 0 Å². The van der Waals surface area contributed by atoms with Crippen LogP contribution in [0.15, 0.2) is 18.2 Å². The first-order chi connectivity index (χ1) is 7.16. The van der Waals surface area contributed by atoms with Crippen molar-refractivity contribution in [1.82, 2.24) is 0 Å². The Bertz CT molecular complexity index is 353. The van der Waals surface area contributed by atoms with Gasteiger partial charge < -0.3 is 0 Å². The minimum atomic E-state index is -0.189. The fourth-order valence-corrected chi connectivity index (χ4v) is 3.29. The Morgan fingerprint density at radius 1 is 1.33 bits per heavy atom. The molecule has 1 fully saturated rings. The van der Waals surface area contributed by atoms with Gasteiger partial charge in [-0.1, -0.05) is 34.0 Å². The van der Waals surface area contributed by atoms with Crippen LogP contribution < -0.4 is 0 Å². The topological polar surface area (TPSA) is 0 Å². The first-order valence-corrected chi connectivity index (χ1v) is 6.55. The molecule has 2 unspecified atom stereocenters. The average Bonchev–Trinajstić information content (AvgIpc) is 2.22. The maximum atomic E-state index is 13.1. The van der Waals surface area contributed by atoms with Crippen LogP contribution >= 0.6 is 27.5 Å². The molecule has 0 radical (unpaired) electrons. The zero-order chi connectivity index (χ0) is 10.8. The van der Waals surface area contributed by atoms with E-state index >= 15 is 0 Å². The van der Waals surface area contributed by atoms with Gasteiger partial charge in [-0.3, -0.25) is 0 Å². The third kappa shape index (κ3) is 2.73. The Hall–Kier alpha value is -0.0800. The van der Waals surface area contributed by atoms with E-state index in [1.165, 1.54) is 18.9 Å². The molecule has 0 bridgehead atoms. The second-order valence-corrected chi connectivity index (χ2v) is 5.83. The lowest BCUT2D eigenvalue weighted by molar-refractivity contribution is 0.456. The van der Waals surface area contributed by atoms with E-state index in [-0.39, 0.29) is 5.82 Å². The smallest absolute Gasteiger partial charge is 0.123 e. The van der Waals surface area contributed by atoms with Crippen LogP contribution in [0.25, 0.3) is 0 Å². The standard InChI is InChI=1S/C12H13BrClF/c13-9-3-1-2-8(6-9)11-7-10(15)4-5-12(11)14/h4-5,7-9H,1-3,6H2. The minimum Gasteiger partial charge on any atom is -0.207 e. The Morgan fingerprint density at radius 3 is 2.87 bits per heavy atom. The van der Waals surface area contributed by atoms with Crippen molar-refractivity contribution in [3.63, 3.8) is 0 Å². The Balaban J connectivity index is 2.24. The molecule has 0 heterocycles. The van der Waals surface area contributed by atoms with Gasteiger partial charge in [0.1, 0.15) is 5.82 Å². The van der Waals surface area contributed by atoms with Gasteiger partial charge in [-0.25, -0.2) is 4.39 Å². The first-order valence-electron chi connectivity index (χ1n) is 5.26. The van der Waals surface area contributed by atoms with Crippen LogP contribution in [-0.2, 0) is 0 Å². The predicted molar refractivity (Wildman–Crippen MR) is 65.3 cm³/mol. The summed E-state index contributed by atoms with van der Waals surface area (Å²) < 4.78 is 13.1. The summed E-state index contributed by atoms with van der Waals surface area (Å²) in [5, 5.41) is 0.697. The lowest BCUT2D eigenvalue weighted by Crippen LogP contribution is -2.14. The molecule has 1 aliphatic rings. The monoisotopic (exact) mass is 290 g/mol. The van der Waals surface area contributed by atoms with Crippen molar-refractivity contribution in [2.24, 2.45) is 0 Å². The maximum Gasteiger partial charge on any atom is 0.123 e. The van der Waals surface area contributed by atoms with E-state index in [0.717, 1.165) is 18.4 Å². The van der Waals surface area contributed by atoms with Crippen molar-refractivity contribution in [1.29, 1.82) is 0 Å². The zero-order valence-corrected chi connectivity index (χ0v) is 10.7. The molecule has 1 aliphatic carbocycles. The highest BCUT2D eigenvalue weighted by atomic mass is 79.9. The second kappa shape index (κ2) is 4.84. The number of benzene rings is 1. The highest BCUT2D eigenvalue weighted by Crippen LogP contribution is 2.38. The molecule has 1 aromatic carbocycles. The summed E-state index contributed by atoms with van der Waals surface area (Å²) in [5.74, 6) is 0.220. The van der Waals surface area contributed by atoms with Gasteiger partial charge in [-0.15, -0.1) is 0 Å². The molecule has 0 spiro atoms. The van der Waals surface area contributed by atoms with E-state index in [9.17, 15) is 4.39 Å². The first kappa shape index (κ1) is 11.4. The van der Waals surface area contributed by atoms with Crippen LogP contribution in [0, 0.1) is 5.82 Å². The molecule has 0 saturated heterocycles. The molecule has 2 rings (SSSR count). The van der Waals surface area contributed by atoms with E-state index in [1.54, 1.807) is 12.1 Å². The Labute approximate surface area is 103 Å². The lowest BCUT2D eigenvalue weighted by atomic mass is 9.84. The number of hydrogen-bond acceptors (Lipinski definition) is 0. The minimum absolute atomic E-state index is 0.189. The van der Waals surface area contributed by atoms with Crippen molar-refractivity contribution >= 4 is 27.5 Å². The molecule has 0 aliphatic heterocycles. The van der Waals surface area contributed by atoms with Gasteiger partial charge in [0.25, 0.3) is 0 Å². The van der Waals surface area contributed by atoms with E-state index in [0.29, 0.717) is 15.8 Å². The summed E-state index contributed by atoms with van der Waals surface area (Å²) in [6.07, 6.45) is 4.57. The molecule has 0 nitrogen and oxygen atoms in total. The molecule has 3 heteroatoms. The molecule has 1 saturated carbocycles. The number of rotatable bonds is 1. The van der Waals surface area contributed by atoms with Crippen LogP contribution in [0.1, 0.15) is 37.2 Å². The van der Waals surface area contributed by atoms with Gasteiger partial charge in [-0.05, 0) is 48.9 Å². The second-order valence-electron chi connectivity index (χ2n) is 4.13. The van der Waals surface area contributed by atoms with Crippen LogP contribution in [0.5, 0.6) is 0 Å². The van der Waals surface area contributed by atoms with Gasteiger partial charge in [0, 0.05) is 9.85 Å². The molecular weight excluding hydrogens is 278 g/mol. The fraction of sp³-hybridized carbons (Fsp3) is 0.500. The fourth-order valence-electron chi connectivity index (χ4n) is 2.24. The van der Waals surface area contributed by atoms with Crippen LogP contribution in [0.4, 0.5) is 4.39 Å². The SMILES string of the molecule is Fc1ccc(Cl)c(C2CCCC(Br)C2)c1. The van der Waals surface area contributed by atoms with Crippen molar-refractivity contribution in [3.05, 3.63) is 34.6 Å². The van der Waals surface area contributed by atoms with Crippen molar-refractivity contribution in [2.75, 3.05) is 0 Å². The summed E-state index contributed by atoms with van der Waals surface area (Å²) in [6, 6.07) is 4.66. The van der Waals surface area contributed by atoms with Crippen LogP contribution in [-0.4, -0.2) is 4.83 Å². The summed E-state index contributed by atoms with van der Waals surface area (Å²) in [5.41, 5.74) is 0.973. The van der Waals surface area contributed by atoms with Crippen LogP contribution in [0.3, 0.4) is 0 Å². The molecule has 0 N–H and O–H groups in total. The number of halogens is 3.